The van der Waals surface area contributed by atoms with Crippen molar-refractivity contribution in [2.45, 2.75) is 37.1 Å². The molecule has 2 heterocycles. The number of carbonyl (C=O) groups excluding carboxylic acids is 3. The van der Waals surface area contributed by atoms with Gasteiger partial charge in [0.15, 0.2) is 0 Å². The van der Waals surface area contributed by atoms with Crippen LogP contribution in [-0.4, -0.2) is 64.3 Å². The van der Waals surface area contributed by atoms with Crippen molar-refractivity contribution < 1.29 is 37.5 Å². The summed E-state index contributed by atoms with van der Waals surface area (Å²) >= 11 is 0. The van der Waals surface area contributed by atoms with Crippen LogP contribution in [0.25, 0.3) is 6.08 Å². The van der Waals surface area contributed by atoms with Gasteiger partial charge in [0.25, 0.3) is 0 Å². The van der Waals surface area contributed by atoms with Gasteiger partial charge in [0.2, 0.25) is 17.7 Å². The van der Waals surface area contributed by atoms with Gasteiger partial charge in [0.05, 0.1) is 29.9 Å². The number of amides is 3. The van der Waals surface area contributed by atoms with Crippen molar-refractivity contribution in [3.05, 3.63) is 113 Å². The van der Waals surface area contributed by atoms with Crippen LogP contribution in [-0.2, 0) is 31.9 Å². The number of β-lactam (4-membered cyclic amide) rings is 1. The Morgan fingerprint density at radius 3 is 2.31 bits per heavy atom. The summed E-state index contributed by atoms with van der Waals surface area (Å²) in [6.07, 6.45) is -1.83. The van der Waals surface area contributed by atoms with E-state index in [2.05, 4.69) is 5.32 Å². The molecule has 11 heteroatoms. The summed E-state index contributed by atoms with van der Waals surface area (Å²) in [4.78, 5) is 55.3. The number of likely N-dealkylation sites (tertiary alicyclic amines) is 1. The lowest BCUT2D eigenvalue weighted by Gasteiger charge is -2.51. The number of benzene rings is 3. The maximum absolute atomic E-state index is 14.0. The second-order valence-electron chi connectivity index (χ2n) is 11.3. The van der Waals surface area contributed by atoms with Crippen LogP contribution in [0.3, 0.4) is 0 Å². The highest BCUT2D eigenvalue weighted by molar-refractivity contribution is 5.99. The molecule has 3 aromatic rings. The molecule has 234 valence electrons. The number of rotatable bonds is 10. The first-order valence-electron chi connectivity index (χ1n) is 14.5. The molecule has 0 spiro atoms. The van der Waals surface area contributed by atoms with E-state index < -0.39 is 59.9 Å². The predicted octanol–water partition coefficient (Wildman–Crippen LogP) is 4.58. The van der Waals surface area contributed by atoms with E-state index >= 15 is 0 Å². The average Bonchev–Trinajstić information content (AvgIpc) is 3.39. The number of carbonyl (C=O) groups is 4. The number of alkyl halides is 3. The molecule has 0 aromatic heterocycles. The molecule has 2 N–H and O–H groups in total. The molecular weight excluding hydrogens is 587 g/mol. The molecule has 2 fully saturated rings. The lowest BCUT2D eigenvalue weighted by molar-refractivity contribution is -0.171. The lowest BCUT2D eigenvalue weighted by atomic mass is 9.70. The molecule has 0 aliphatic carbocycles. The molecule has 45 heavy (non-hydrogen) atoms. The van der Waals surface area contributed by atoms with E-state index in [-0.39, 0.29) is 23.9 Å². The fraction of sp³-hybridized carbons (Fsp3) is 0.294. The third-order valence-electron chi connectivity index (χ3n) is 8.40. The Hall–Kier alpha value is -4.93. The maximum Gasteiger partial charge on any atom is 0.416 e. The summed E-state index contributed by atoms with van der Waals surface area (Å²) in [6.45, 7) is 0.0829. The van der Waals surface area contributed by atoms with Gasteiger partial charge in [-0.25, -0.2) is 0 Å². The molecule has 0 saturated carbocycles. The number of halogens is 3. The van der Waals surface area contributed by atoms with Crippen LogP contribution < -0.4 is 5.32 Å². The van der Waals surface area contributed by atoms with Crippen LogP contribution in [0, 0.1) is 11.8 Å². The number of aliphatic carboxylic acids is 1. The molecule has 0 radical (unpaired) electrons. The Labute approximate surface area is 258 Å². The normalized spacial score (nSPS) is 22.2. The van der Waals surface area contributed by atoms with Gasteiger partial charge in [-0.3, -0.25) is 19.2 Å². The van der Waals surface area contributed by atoms with E-state index in [0.29, 0.717) is 6.54 Å². The number of nitrogens with zero attached hydrogens (tertiary/aromatic N) is 2. The number of nitrogens with one attached hydrogen (secondary N) is 1. The summed E-state index contributed by atoms with van der Waals surface area (Å²) in [7, 11) is 1.35. The van der Waals surface area contributed by atoms with Gasteiger partial charge in [0, 0.05) is 26.1 Å². The molecule has 3 aromatic carbocycles. The van der Waals surface area contributed by atoms with Gasteiger partial charge in [-0.15, -0.1) is 0 Å². The van der Waals surface area contributed by atoms with E-state index in [1.807, 2.05) is 60.7 Å². The maximum atomic E-state index is 14.0. The molecule has 1 unspecified atom stereocenters. The largest absolute Gasteiger partial charge is 0.481 e. The molecule has 5 rings (SSSR count). The molecule has 2 aliphatic rings. The Bertz CT molecular complexity index is 1600. The van der Waals surface area contributed by atoms with Crippen molar-refractivity contribution in [3.8, 4) is 0 Å². The zero-order valence-corrected chi connectivity index (χ0v) is 24.4. The van der Waals surface area contributed by atoms with Crippen LogP contribution >= 0.6 is 0 Å². The quantitative estimate of drug-likeness (QED) is 0.324. The van der Waals surface area contributed by atoms with Crippen LogP contribution in [0.2, 0.25) is 0 Å². The Morgan fingerprint density at radius 1 is 1.00 bits per heavy atom. The van der Waals surface area contributed by atoms with Crippen LogP contribution in [0.4, 0.5) is 13.2 Å². The van der Waals surface area contributed by atoms with Crippen LogP contribution in [0.5, 0.6) is 0 Å². The summed E-state index contributed by atoms with van der Waals surface area (Å²) in [5.74, 6) is -4.85. The number of carboxylic acid groups (broad SMARTS) is 1. The third kappa shape index (κ3) is 6.77. The van der Waals surface area contributed by atoms with E-state index in [0.717, 1.165) is 28.2 Å². The van der Waals surface area contributed by atoms with Crippen molar-refractivity contribution in [1.82, 2.24) is 15.1 Å². The summed E-state index contributed by atoms with van der Waals surface area (Å²) < 4.78 is 39.8. The number of carboxylic acids is 1. The molecular formula is C34H32F3N3O5. The highest BCUT2D eigenvalue weighted by Gasteiger charge is 2.59. The minimum atomic E-state index is -4.58. The highest BCUT2D eigenvalue weighted by atomic mass is 19.4. The number of hydrogen-bond acceptors (Lipinski definition) is 4. The molecule has 2 aliphatic heterocycles. The van der Waals surface area contributed by atoms with Crippen molar-refractivity contribution in [2.75, 3.05) is 13.6 Å². The third-order valence-corrected chi connectivity index (χ3v) is 8.40. The molecule has 2 saturated heterocycles. The minimum Gasteiger partial charge on any atom is -0.481 e. The van der Waals surface area contributed by atoms with Gasteiger partial charge < -0.3 is 20.2 Å². The molecule has 8 nitrogen and oxygen atoms in total. The summed E-state index contributed by atoms with van der Waals surface area (Å²) in [6, 6.07) is 20.7. The Balaban J connectivity index is 1.47. The SMILES string of the molecule is CN(Cc1cccc(C(F)(F)F)c1)C(=O)[C@@H](CC(=O)O)N1C(=O)[C@@H](C2C(=O)NC[C@@H]2c2ccccc2)[C@H]1C=Cc1ccccc1. The van der Waals surface area contributed by atoms with E-state index in [4.69, 9.17) is 0 Å². The fourth-order valence-corrected chi connectivity index (χ4v) is 6.27. The van der Waals surface area contributed by atoms with Crippen molar-refractivity contribution in [3.63, 3.8) is 0 Å². The van der Waals surface area contributed by atoms with E-state index in [1.165, 1.54) is 24.1 Å². The predicted molar refractivity (Wildman–Crippen MR) is 159 cm³/mol. The highest BCUT2D eigenvalue weighted by Crippen LogP contribution is 2.45. The fourth-order valence-electron chi connectivity index (χ4n) is 6.27. The van der Waals surface area contributed by atoms with Crippen LogP contribution in [0.1, 0.15) is 34.6 Å². The van der Waals surface area contributed by atoms with Gasteiger partial charge >= 0.3 is 12.1 Å². The Morgan fingerprint density at radius 2 is 1.67 bits per heavy atom. The number of hydrogen-bond donors (Lipinski definition) is 2. The zero-order valence-electron chi connectivity index (χ0n) is 24.4. The second kappa shape index (κ2) is 13.0. The molecule has 5 atom stereocenters. The first-order valence-corrected chi connectivity index (χ1v) is 14.5. The van der Waals surface area contributed by atoms with Gasteiger partial charge in [-0.2, -0.15) is 13.2 Å². The zero-order chi connectivity index (χ0) is 32.3. The summed E-state index contributed by atoms with van der Waals surface area (Å²) in [5.41, 5.74) is 0.986. The van der Waals surface area contributed by atoms with E-state index in [9.17, 15) is 37.5 Å². The average molecular weight is 620 g/mol. The standard InChI is InChI=1S/C34H32F3N3O5/c1-39(20-22-11-8-14-24(17-22)34(35,36)37)32(44)27(18-28(41)42)40-26(16-15-21-9-4-2-5-10-21)30(33(40)45)29-25(19-38-31(29)43)23-12-6-3-7-13-23/h2-17,25-27,29-30H,18-20H2,1H3,(H,38,43)(H,41,42)/t25-,26-,27-,29?,30-/m1/s1. The molecule has 3 amide bonds. The van der Waals surface area contributed by atoms with Crippen molar-refractivity contribution in [1.29, 1.82) is 0 Å². The monoisotopic (exact) mass is 619 g/mol. The topological polar surface area (TPSA) is 107 Å². The van der Waals surface area contributed by atoms with Gasteiger partial charge in [-0.1, -0.05) is 84.9 Å². The Kier molecular flexibility index (Phi) is 9.08. The second-order valence-corrected chi connectivity index (χ2v) is 11.3. The first-order chi connectivity index (χ1) is 21.5. The van der Waals surface area contributed by atoms with E-state index in [1.54, 1.807) is 12.2 Å². The first kappa shape index (κ1) is 31.5. The lowest BCUT2D eigenvalue weighted by Crippen LogP contribution is -2.69. The minimum absolute atomic E-state index is 0.191. The van der Waals surface area contributed by atoms with Gasteiger partial charge in [0.1, 0.15) is 6.04 Å². The summed E-state index contributed by atoms with van der Waals surface area (Å²) in [5, 5.41) is 12.6. The number of likely N-dealkylation sites (N-methyl/N-ethyl adjacent to an activating group) is 1. The van der Waals surface area contributed by atoms with Crippen molar-refractivity contribution >= 4 is 29.8 Å². The van der Waals surface area contributed by atoms with Crippen LogP contribution in [0.15, 0.2) is 91.0 Å². The van der Waals surface area contributed by atoms with Gasteiger partial charge in [-0.05, 0) is 28.8 Å². The smallest absolute Gasteiger partial charge is 0.416 e. The van der Waals surface area contributed by atoms with Crippen molar-refractivity contribution in [2.24, 2.45) is 11.8 Å². The molecule has 0 bridgehead atoms.